The van der Waals surface area contributed by atoms with E-state index < -0.39 is 5.66 Å². The van der Waals surface area contributed by atoms with Crippen LogP contribution in [-0.4, -0.2) is 22.5 Å². The van der Waals surface area contributed by atoms with E-state index in [4.69, 9.17) is 0 Å². The maximum atomic E-state index is 13.3. The van der Waals surface area contributed by atoms with Crippen molar-refractivity contribution in [3.05, 3.63) is 58.6 Å². The first kappa shape index (κ1) is 16.1. The van der Waals surface area contributed by atoms with Gasteiger partial charge < -0.3 is 0 Å². The largest absolute Gasteiger partial charge is 0.294 e. The van der Waals surface area contributed by atoms with Crippen LogP contribution in [0.1, 0.15) is 36.5 Å². The number of para-hydroxylation sites is 1. The number of anilines is 2. The van der Waals surface area contributed by atoms with Crippen molar-refractivity contribution in [2.24, 2.45) is 0 Å². The van der Waals surface area contributed by atoms with Crippen LogP contribution in [0.3, 0.4) is 0 Å². The molecule has 2 amide bonds. The maximum Gasteiger partial charge on any atom is 0.276 e. The van der Waals surface area contributed by atoms with Crippen LogP contribution in [0, 0.1) is 0 Å². The monoisotopic (exact) mass is 399 g/mol. The van der Waals surface area contributed by atoms with E-state index in [9.17, 15) is 9.59 Å². The second kappa shape index (κ2) is 5.88. The lowest BCUT2D eigenvalue weighted by atomic mass is 9.96. The van der Waals surface area contributed by atoms with Crippen molar-refractivity contribution >= 4 is 39.1 Å². The quantitative estimate of drug-likeness (QED) is 0.842. The molecule has 0 spiro atoms. The zero-order valence-electron chi connectivity index (χ0n) is 13.8. The van der Waals surface area contributed by atoms with Crippen LogP contribution < -0.4 is 10.3 Å². The number of hydrogen-bond donors (Lipinski definition) is 1. The molecule has 2 aliphatic rings. The highest BCUT2D eigenvalue weighted by atomic mass is 79.9. The van der Waals surface area contributed by atoms with E-state index in [1.807, 2.05) is 49.4 Å². The molecule has 5 nitrogen and oxygen atoms in total. The Morgan fingerprint density at radius 2 is 1.92 bits per heavy atom. The Balaban J connectivity index is 1.88. The smallest absolute Gasteiger partial charge is 0.276 e. The zero-order valence-corrected chi connectivity index (χ0v) is 15.4. The normalized spacial score (nSPS) is 22.0. The summed E-state index contributed by atoms with van der Waals surface area (Å²) in [5, 5.41) is 1.64. The van der Waals surface area contributed by atoms with Crippen LogP contribution in [0.2, 0.25) is 0 Å². The Labute approximate surface area is 154 Å². The van der Waals surface area contributed by atoms with Crippen LogP contribution >= 0.6 is 15.9 Å². The average Bonchev–Trinajstić information content (AvgIpc) is 2.97. The van der Waals surface area contributed by atoms with Crippen molar-refractivity contribution in [1.82, 2.24) is 5.01 Å². The standard InChI is InChI=1S/C19H18BrN3O2/c1-2-19-11-10-17(24)22(19)16-9-8-13(20)12-15(16)18(25)23(19)21-14-6-4-3-5-7-14/h3-9,12,21H,2,10-11H2,1H3. The Hall–Kier alpha value is -2.34. The molecule has 0 aliphatic carbocycles. The van der Waals surface area contributed by atoms with Gasteiger partial charge in [0.05, 0.1) is 16.9 Å². The predicted molar refractivity (Wildman–Crippen MR) is 100 cm³/mol. The van der Waals surface area contributed by atoms with E-state index in [-0.39, 0.29) is 11.8 Å². The maximum absolute atomic E-state index is 13.3. The molecule has 6 heteroatoms. The first-order valence-corrected chi connectivity index (χ1v) is 9.15. The third-order valence-electron chi connectivity index (χ3n) is 5.04. The molecule has 0 saturated carbocycles. The molecule has 0 aromatic heterocycles. The Morgan fingerprint density at radius 1 is 1.16 bits per heavy atom. The van der Waals surface area contributed by atoms with Gasteiger partial charge in [0.1, 0.15) is 5.66 Å². The van der Waals surface area contributed by atoms with Gasteiger partial charge >= 0.3 is 0 Å². The van der Waals surface area contributed by atoms with Crippen molar-refractivity contribution in [2.45, 2.75) is 31.8 Å². The lowest BCUT2D eigenvalue weighted by Crippen LogP contribution is -2.65. The molecule has 2 aliphatic heterocycles. The molecule has 128 valence electrons. The number of carbonyl (C=O) groups is 2. The highest BCUT2D eigenvalue weighted by Crippen LogP contribution is 2.46. The second-order valence-corrected chi connectivity index (χ2v) is 7.26. The van der Waals surface area contributed by atoms with Crippen LogP contribution in [-0.2, 0) is 4.79 Å². The summed E-state index contributed by atoms with van der Waals surface area (Å²) >= 11 is 3.43. The number of hydrogen-bond acceptors (Lipinski definition) is 3. The number of amides is 2. The van der Waals surface area contributed by atoms with Crippen molar-refractivity contribution in [1.29, 1.82) is 0 Å². The minimum Gasteiger partial charge on any atom is -0.294 e. The lowest BCUT2D eigenvalue weighted by Gasteiger charge is -2.50. The SMILES string of the molecule is CCC12CCC(=O)N1c1ccc(Br)cc1C(=O)N2Nc1ccccc1. The second-order valence-electron chi connectivity index (χ2n) is 6.35. The first-order valence-electron chi connectivity index (χ1n) is 8.36. The Bertz CT molecular complexity index is 855. The average molecular weight is 400 g/mol. The third kappa shape index (κ3) is 2.35. The number of nitrogens with zero attached hydrogens (tertiary/aromatic N) is 2. The molecule has 1 atom stereocenters. The molecule has 4 rings (SSSR count). The van der Waals surface area contributed by atoms with Gasteiger partial charge in [-0.25, -0.2) is 5.01 Å². The van der Waals surface area contributed by atoms with Crippen LogP contribution in [0.4, 0.5) is 11.4 Å². The molecule has 0 radical (unpaired) electrons. The van der Waals surface area contributed by atoms with Gasteiger partial charge in [0.25, 0.3) is 5.91 Å². The molecule has 0 bridgehead atoms. The van der Waals surface area contributed by atoms with Gasteiger partial charge in [0, 0.05) is 17.3 Å². The molecule has 1 N–H and O–H groups in total. The topological polar surface area (TPSA) is 52.7 Å². The summed E-state index contributed by atoms with van der Waals surface area (Å²) in [6.07, 6.45) is 1.70. The molecule has 1 saturated heterocycles. The number of halogens is 1. The Morgan fingerprint density at radius 3 is 2.64 bits per heavy atom. The summed E-state index contributed by atoms with van der Waals surface area (Å²) in [5.74, 6) is -0.0641. The molecule has 25 heavy (non-hydrogen) atoms. The Kier molecular flexibility index (Phi) is 3.80. The number of fused-ring (bicyclic) bond motifs is 3. The van der Waals surface area contributed by atoms with Gasteiger partial charge in [-0.15, -0.1) is 0 Å². The van der Waals surface area contributed by atoms with E-state index >= 15 is 0 Å². The number of benzene rings is 2. The fourth-order valence-corrected chi connectivity index (χ4v) is 4.17. The molecule has 2 aromatic carbocycles. The van der Waals surface area contributed by atoms with Gasteiger partial charge in [-0.05, 0) is 36.8 Å². The van der Waals surface area contributed by atoms with Crippen molar-refractivity contribution in [3.63, 3.8) is 0 Å². The number of nitrogens with one attached hydrogen (secondary N) is 1. The van der Waals surface area contributed by atoms with Gasteiger partial charge in [-0.2, -0.15) is 0 Å². The third-order valence-corrected chi connectivity index (χ3v) is 5.53. The predicted octanol–water partition coefficient (Wildman–Crippen LogP) is 4.17. The molecule has 2 aromatic rings. The van der Waals surface area contributed by atoms with Gasteiger partial charge in [0.15, 0.2) is 0 Å². The molecule has 1 fully saturated rings. The molecular formula is C19H18BrN3O2. The van der Waals surface area contributed by atoms with E-state index in [0.29, 0.717) is 30.5 Å². The summed E-state index contributed by atoms with van der Waals surface area (Å²) in [6, 6.07) is 15.1. The number of hydrazine groups is 1. The molecule has 1 unspecified atom stereocenters. The van der Waals surface area contributed by atoms with Crippen molar-refractivity contribution in [2.75, 3.05) is 10.3 Å². The van der Waals surface area contributed by atoms with Gasteiger partial charge in [0.2, 0.25) is 5.91 Å². The van der Waals surface area contributed by atoms with Gasteiger partial charge in [-0.1, -0.05) is 41.1 Å². The first-order chi connectivity index (χ1) is 12.1. The van der Waals surface area contributed by atoms with E-state index in [1.54, 1.807) is 16.0 Å². The van der Waals surface area contributed by atoms with E-state index in [1.165, 1.54) is 0 Å². The summed E-state index contributed by atoms with van der Waals surface area (Å²) < 4.78 is 0.815. The zero-order chi connectivity index (χ0) is 17.6. The molecule has 2 heterocycles. The highest BCUT2D eigenvalue weighted by molar-refractivity contribution is 9.10. The van der Waals surface area contributed by atoms with Crippen LogP contribution in [0.5, 0.6) is 0 Å². The van der Waals surface area contributed by atoms with E-state index in [0.717, 1.165) is 10.2 Å². The minimum atomic E-state index is -0.676. The van der Waals surface area contributed by atoms with Crippen LogP contribution in [0.25, 0.3) is 0 Å². The minimum absolute atomic E-state index is 0.0535. The van der Waals surface area contributed by atoms with Crippen LogP contribution in [0.15, 0.2) is 53.0 Å². The summed E-state index contributed by atoms with van der Waals surface area (Å²) in [4.78, 5) is 27.8. The van der Waals surface area contributed by atoms with Gasteiger partial charge in [-0.3, -0.25) is 19.9 Å². The van der Waals surface area contributed by atoms with E-state index in [2.05, 4.69) is 21.4 Å². The summed E-state index contributed by atoms with van der Waals surface area (Å²) in [6.45, 7) is 2.02. The lowest BCUT2D eigenvalue weighted by molar-refractivity contribution is -0.117. The number of carbonyl (C=O) groups excluding carboxylic acids is 2. The summed E-state index contributed by atoms with van der Waals surface area (Å²) in [5.41, 5.74) is 4.62. The van der Waals surface area contributed by atoms with Crippen molar-refractivity contribution < 1.29 is 9.59 Å². The highest BCUT2D eigenvalue weighted by Gasteiger charge is 2.55. The fraction of sp³-hybridized carbons (Fsp3) is 0.263. The summed E-state index contributed by atoms with van der Waals surface area (Å²) in [7, 11) is 0. The molecular weight excluding hydrogens is 382 g/mol. The number of rotatable bonds is 3. The fourth-order valence-electron chi connectivity index (χ4n) is 3.81. The van der Waals surface area contributed by atoms with Crippen molar-refractivity contribution in [3.8, 4) is 0 Å².